The van der Waals surface area contributed by atoms with Crippen LogP contribution in [0.3, 0.4) is 0 Å². The quantitative estimate of drug-likeness (QED) is 0.810. The van der Waals surface area contributed by atoms with E-state index in [9.17, 15) is 9.59 Å². The molecule has 0 aromatic heterocycles. The summed E-state index contributed by atoms with van der Waals surface area (Å²) in [6.07, 6.45) is 0. The summed E-state index contributed by atoms with van der Waals surface area (Å²) >= 11 is 11.7. The second-order valence-electron chi connectivity index (χ2n) is 4.63. The van der Waals surface area contributed by atoms with Crippen LogP contribution in [0.5, 0.6) is 11.5 Å². The number of rotatable bonds is 6. The lowest BCUT2D eigenvalue weighted by Crippen LogP contribution is -2.20. The van der Waals surface area contributed by atoms with Gasteiger partial charge in [0.25, 0.3) is 5.91 Å². The third-order valence-electron chi connectivity index (χ3n) is 2.97. The van der Waals surface area contributed by atoms with Crippen molar-refractivity contribution in [2.45, 2.75) is 0 Å². The predicted molar refractivity (Wildman–Crippen MR) is 90.5 cm³/mol. The van der Waals surface area contributed by atoms with E-state index < -0.39 is 11.9 Å². The number of nitrogens with one attached hydrogen (secondary N) is 1. The fourth-order valence-corrected chi connectivity index (χ4v) is 2.32. The Morgan fingerprint density at radius 3 is 2.46 bits per heavy atom. The summed E-state index contributed by atoms with van der Waals surface area (Å²) in [6.45, 7) is -0.318. The van der Waals surface area contributed by atoms with Gasteiger partial charge in [-0.1, -0.05) is 23.2 Å². The van der Waals surface area contributed by atoms with E-state index in [1.54, 1.807) is 12.1 Å². The van der Waals surface area contributed by atoms with Gasteiger partial charge in [0.05, 0.1) is 23.4 Å². The van der Waals surface area contributed by atoms with Crippen molar-refractivity contribution in [2.75, 3.05) is 19.0 Å². The molecule has 126 valence electrons. The van der Waals surface area contributed by atoms with E-state index in [2.05, 4.69) is 5.32 Å². The number of benzene rings is 2. The summed E-state index contributed by atoms with van der Waals surface area (Å²) in [5, 5.41) is 12.3. The number of ether oxygens (including phenoxy) is 2. The number of carboxylic acid groups (broad SMARTS) is 1. The Kier molecular flexibility index (Phi) is 5.89. The van der Waals surface area contributed by atoms with E-state index in [0.717, 1.165) is 0 Å². The van der Waals surface area contributed by atoms with E-state index in [-0.39, 0.29) is 22.9 Å². The third-order valence-corrected chi connectivity index (χ3v) is 3.50. The largest absolute Gasteiger partial charge is 0.495 e. The first-order valence-electron chi connectivity index (χ1n) is 6.69. The van der Waals surface area contributed by atoms with Crippen molar-refractivity contribution in [1.82, 2.24) is 0 Å². The first-order valence-corrected chi connectivity index (χ1v) is 7.45. The summed E-state index contributed by atoms with van der Waals surface area (Å²) in [5.74, 6) is -0.973. The molecule has 2 aromatic carbocycles. The van der Waals surface area contributed by atoms with Crippen LogP contribution in [0.4, 0.5) is 5.69 Å². The summed E-state index contributed by atoms with van der Waals surface area (Å²) in [5.41, 5.74) is 0.251. The topological polar surface area (TPSA) is 84.9 Å². The van der Waals surface area contributed by atoms with Crippen molar-refractivity contribution in [3.63, 3.8) is 0 Å². The highest BCUT2D eigenvalue weighted by atomic mass is 35.5. The Balaban J connectivity index is 2.06. The Bertz CT molecular complexity index is 779. The SMILES string of the molecule is COc1ccc(C(=O)O)cc1NC(=O)COc1ccc(Cl)cc1Cl. The Morgan fingerprint density at radius 1 is 1.12 bits per heavy atom. The highest BCUT2D eigenvalue weighted by Crippen LogP contribution is 2.28. The lowest BCUT2D eigenvalue weighted by molar-refractivity contribution is -0.118. The summed E-state index contributed by atoms with van der Waals surface area (Å²) in [6, 6.07) is 8.75. The highest BCUT2D eigenvalue weighted by Gasteiger charge is 2.13. The molecule has 2 aromatic rings. The maximum atomic E-state index is 12.0. The van der Waals surface area contributed by atoms with Gasteiger partial charge in [0.15, 0.2) is 6.61 Å². The van der Waals surface area contributed by atoms with Crippen molar-refractivity contribution >= 4 is 40.8 Å². The zero-order chi connectivity index (χ0) is 17.7. The fourth-order valence-electron chi connectivity index (χ4n) is 1.86. The third kappa shape index (κ3) is 4.53. The molecule has 2 rings (SSSR count). The molecule has 6 nitrogen and oxygen atoms in total. The molecule has 0 aliphatic carbocycles. The normalized spacial score (nSPS) is 10.1. The molecule has 0 unspecified atom stereocenters. The minimum atomic E-state index is -1.11. The van der Waals surface area contributed by atoms with Gasteiger partial charge in [-0.15, -0.1) is 0 Å². The van der Waals surface area contributed by atoms with Crippen LogP contribution in [0.15, 0.2) is 36.4 Å². The minimum Gasteiger partial charge on any atom is -0.495 e. The molecule has 24 heavy (non-hydrogen) atoms. The van der Waals surface area contributed by atoms with Crippen LogP contribution >= 0.6 is 23.2 Å². The number of carbonyl (C=O) groups excluding carboxylic acids is 1. The molecule has 0 radical (unpaired) electrons. The smallest absolute Gasteiger partial charge is 0.335 e. The van der Waals surface area contributed by atoms with Crippen LogP contribution in [0.2, 0.25) is 10.0 Å². The van der Waals surface area contributed by atoms with Crippen molar-refractivity contribution in [2.24, 2.45) is 0 Å². The maximum Gasteiger partial charge on any atom is 0.335 e. The average Bonchev–Trinajstić information content (AvgIpc) is 2.53. The van der Waals surface area contributed by atoms with E-state index in [1.165, 1.54) is 31.4 Å². The van der Waals surface area contributed by atoms with Gasteiger partial charge in [-0.2, -0.15) is 0 Å². The van der Waals surface area contributed by atoms with Gasteiger partial charge < -0.3 is 19.9 Å². The number of anilines is 1. The molecule has 0 aliphatic heterocycles. The van der Waals surface area contributed by atoms with Crippen LogP contribution in [-0.2, 0) is 4.79 Å². The zero-order valence-electron chi connectivity index (χ0n) is 12.5. The van der Waals surface area contributed by atoms with Gasteiger partial charge in [-0.05, 0) is 36.4 Å². The molecule has 0 atom stereocenters. The number of aromatic carboxylic acids is 1. The van der Waals surface area contributed by atoms with Gasteiger partial charge in [-0.25, -0.2) is 4.79 Å². The minimum absolute atomic E-state index is 0.0211. The summed E-state index contributed by atoms with van der Waals surface area (Å²) < 4.78 is 10.4. The van der Waals surface area contributed by atoms with Crippen molar-refractivity contribution < 1.29 is 24.2 Å². The van der Waals surface area contributed by atoms with Crippen LogP contribution in [0.25, 0.3) is 0 Å². The lowest BCUT2D eigenvalue weighted by Gasteiger charge is -2.12. The number of amides is 1. The molecule has 2 N–H and O–H groups in total. The molecule has 0 bridgehead atoms. The van der Waals surface area contributed by atoms with Crippen LogP contribution in [0, 0.1) is 0 Å². The molecule has 8 heteroatoms. The van der Waals surface area contributed by atoms with Gasteiger partial charge in [-0.3, -0.25) is 4.79 Å². The molecule has 0 aliphatic rings. The first-order chi connectivity index (χ1) is 11.4. The molecule has 0 saturated carbocycles. The lowest BCUT2D eigenvalue weighted by atomic mass is 10.2. The molecular formula is C16H13Cl2NO5. The van der Waals surface area contributed by atoms with Gasteiger partial charge >= 0.3 is 5.97 Å². The van der Waals surface area contributed by atoms with Crippen molar-refractivity contribution in [3.05, 3.63) is 52.0 Å². The van der Waals surface area contributed by atoms with Gasteiger partial charge in [0.1, 0.15) is 11.5 Å². The van der Waals surface area contributed by atoms with E-state index in [0.29, 0.717) is 16.5 Å². The maximum absolute atomic E-state index is 12.0. The summed E-state index contributed by atoms with van der Waals surface area (Å²) in [4.78, 5) is 23.0. The van der Waals surface area contributed by atoms with Crippen LogP contribution in [-0.4, -0.2) is 30.7 Å². The average molecular weight is 370 g/mol. The molecule has 0 heterocycles. The number of carboxylic acids is 1. The zero-order valence-corrected chi connectivity index (χ0v) is 14.0. The van der Waals surface area contributed by atoms with Crippen LogP contribution < -0.4 is 14.8 Å². The second kappa shape index (κ2) is 7.90. The van der Waals surface area contributed by atoms with Gasteiger partial charge in [0, 0.05) is 5.02 Å². The monoisotopic (exact) mass is 369 g/mol. The first kappa shape index (κ1) is 17.9. The number of carbonyl (C=O) groups is 2. The fraction of sp³-hybridized carbons (Fsp3) is 0.125. The summed E-state index contributed by atoms with van der Waals surface area (Å²) in [7, 11) is 1.41. The molecule has 1 amide bonds. The predicted octanol–water partition coefficient (Wildman–Crippen LogP) is 3.72. The van der Waals surface area contributed by atoms with Crippen LogP contribution in [0.1, 0.15) is 10.4 Å². The number of hydrogen-bond donors (Lipinski definition) is 2. The highest BCUT2D eigenvalue weighted by molar-refractivity contribution is 6.35. The van der Waals surface area contributed by atoms with E-state index in [4.69, 9.17) is 37.8 Å². The standard InChI is InChI=1S/C16H13Cl2NO5/c1-23-14-4-2-9(16(21)22)6-12(14)19-15(20)8-24-13-5-3-10(17)7-11(13)18/h2-7H,8H2,1H3,(H,19,20)(H,21,22). The van der Waals surface area contributed by atoms with E-state index >= 15 is 0 Å². The Hall–Kier alpha value is -2.44. The molecule has 0 saturated heterocycles. The van der Waals surface area contributed by atoms with Crippen molar-refractivity contribution in [1.29, 1.82) is 0 Å². The second-order valence-corrected chi connectivity index (χ2v) is 5.48. The Morgan fingerprint density at radius 2 is 1.83 bits per heavy atom. The number of hydrogen-bond acceptors (Lipinski definition) is 4. The molecule has 0 fully saturated rings. The number of halogens is 2. The van der Waals surface area contributed by atoms with E-state index in [1.807, 2.05) is 0 Å². The van der Waals surface area contributed by atoms with Crippen molar-refractivity contribution in [3.8, 4) is 11.5 Å². The molecule has 0 spiro atoms. The van der Waals surface area contributed by atoms with Gasteiger partial charge in [0.2, 0.25) is 0 Å². The molecular weight excluding hydrogens is 357 g/mol. The number of methoxy groups -OCH3 is 1. The Labute approximate surface area is 147 Å².